The standard InChI is InChI=1S/C43H43N5O8S/c1-4-55-42(51)30-16-20-34(21-17-30)44-40(49)38(41(50)45-35-22-18-31(19-23-35)43(52)56-5-2)26-33-28-48(36-13-7-6-8-14-36)46-39(33)32-12-9-15-37(25-32)57(53,54)47-24-10-11-29(3)27-47/h6-9,12-23,25-26,28-29H,4-5,10-11,24,27H2,1-3H3,(H,44,49)(H,45,50). The number of piperidine rings is 1. The number of nitrogens with zero attached hydrogens (tertiary/aromatic N) is 3. The molecule has 0 bridgehead atoms. The summed E-state index contributed by atoms with van der Waals surface area (Å²) in [4.78, 5) is 52.7. The van der Waals surface area contributed by atoms with E-state index in [0.29, 0.717) is 47.0 Å². The van der Waals surface area contributed by atoms with E-state index < -0.39 is 33.8 Å². The fraction of sp³-hybridized carbons (Fsp3) is 0.233. The van der Waals surface area contributed by atoms with Gasteiger partial charge < -0.3 is 20.1 Å². The van der Waals surface area contributed by atoms with Gasteiger partial charge in [-0.2, -0.15) is 9.40 Å². The molecule has 13 nitrogen and oxygen atoms in total. The van der Waals surface area contributed by atoms with Crippen LogP contribution in [0.4, 0.5) is 11.4 Å². The first kappa shape index (κ1) is 40.3. The summed E-state index contributed by atoms with van der Waals surface area (Å²) < 4.78 is 40.9. The quantitative estimate of drug-likeness (QED) is 0.0554. The Bertz CT molecular complexity index is 2310. The number of carbonyl (C=O) groups is 4. The number of aromatic nitrogens is 2. The number of nitrogens with one attached hydrogen (secondary N) is 2. The Morgan fingerprint density at radius 3 is 1.91 bits per heavy atom. The van der Waals surface area contributed by atoms with E-state index in [2.05, 4.69) is 10.6 Å². The van der Waals surface area contributed by atoms with Gasteiger partial charge in [-0.15, -0.1) is 0 Å². The lowest BCUT2D eigenvalue weighted by molar-refractivity contribution is -0.118. The van der Waals surface area contributed by atoms with Gasteiger partial charge in [-0.25, -0.2) is 22.7 Å². The second-order valence-electron chi connectivity index (χ2n) is 13.4. The third kappa shape index (κ3) is 9.72. The molecule has 1 unspecified atom stereocenters. The number of esters is 2. The van der Waals surface area contributed by atoms with E-state index >= 15 is 0 Å². The molecule has 57 heavy (non-hydrogen) atoms. The zero-order valence-corrected chi connectivity index (χ0v) is 32.6. The van der Waals surface area contributed by atoms with Gasteiger partial charge >= 0.3 is 11.9 Å². The first-order valence-electron chi connectivity index (χ1n) is 18.6. The van der Waals surface area contributed by atoms with Crippen LogP contribution in [-0.2, 0) is 29.1 Å². The molecule has 5 aromatic rings. The molecule has 0 aliphatic carbocycles. The van der Waals surface area contributed by atoms with Gasteiger partial charge in [0.15, 0.2) is 0 Å². The zero-order valence-electron chi connectivity index (χ0n) is 31.8. The molecule has 294 valence electrons. The first-order chi connectivity index (χ1) is 27.5. The number of hydrogen-bond donors (Lipinski definition) is 2. The molecular formula is C43H43N5O8S. The molecule has 2 heterocycles. The summed E-state index contributed by atoms with van der Waals surface area (Å²) in [5.74, 6) is -2.37. The summed E-state index contributed by atoms with van der Waals surface area (Å²) in [6, 6.07) is 27.7. The highest BCUT2D eigenvalue weighted by atomic mass is 32.2. The van der Waals surface area contributed by atoms with Crippen molar-refractivity contribution in [3.05, 3.63) is 132 Å². The summed E-state index contributed by atoms with van der Waals surface area (Å²) in [6.45, 7) is 6.69. The lowest BCUT2D eigenvalue weighted by Gasteiger charge is -2.30. The largest absolute Gasteiger partial charge is 0.462 e. The Hall–Kier alpha value is -6.38. The monoisotopic (exact) mass is 789 g/mol. The molecule has 1 atom stereocenters. The molecule has 1 aliphatic heterocycles. The summed E-state index contributed by atoms with van der Waals surface area (Å²) in [6.07, 6.45) is 4.77. The summed E-state index contributed by atoms with van der Waals surface area (Å²) in [5.41, 5.74) is 2.65. The number of carbonyl (C=O) groups excluding carboxylic acids is 4. The normalized spacial score (nSPS) is 14.3. The fourth-order valence-electron chi connectivity index (χ4n) is 6.34. The minimum atomic E-state index is -3.83. The Morgan fingerprint density at radius 1 is 0.789 bits per heavy atom. The van der Waals surface area contributed by atoms with Gasteiger partial charge in [-0.1, -0.05) is 37.3 Å². The average molecular weight is 790 g/mol. The highest BCUT2D eigenvalue weighted by Gasteiger charge is 2.29. The predicted octanol–water partition coefficient (Wildman–Crippen LogP) is 6.97. The van der Waals surface area contributed by atoms with E-state index in [4.69, 9.17) is 14.6 Å². The molecule has 2 amide bonds. The highest BCUT2D eigenvalue weighted by Crippen LogP contribution is 2.31. The van der Waals surface area contributed by atoms with Gasteiger partial charge in [-0.05, 0) is 111 Å². The minimum absolute atomic E-state index is 0.103. The van der Waals surface area contributed by atoms with Crippen molar-refractivity contribution >= 4 is 51.2 Å². The third-order valence-electron chi connectivity index (χ3n) is 9.23. The van der Waals surface area contributed by atoms with Crippen molar-refractivity contribution in [3.8, 4) is 16.9 Å². The van der Waals surface area contributed by atoms with Crippen LogP contribution in [0.25, 0.3) is 23.0 Å². The number of hydrogen-bond acceptors (Lipinski definition) is 9. The molecule has 1 aliphatic rings. The molecule has 1 fully saturated rings. The topological polar surface area (TPSA) is 166 Å². The lowest BCUT2D eigenvalue weighted by atomic mass is 10.0. The van der Waals surface area contributed by atoms with Crippen molar-refractivity contribution in [2.24, 2.45) is 5.92 Å². The highest BCUT2D eigenvalue weighted by molar-refractivity contribution is 7.89. The number of anilines is 2. The van der Waals surface area contributed by atoms with Crippen LogP contribution in [0.5, 0.6) is 0 Å². The maximum Gasteiger partial charge on any atom is 0.338 e. The molecule has 0 radical (unpaired) electrons. The maximum atomic E-state index is 14.1. The van der Waals surface area contributed by atoms with Crippen molar-refractivity contribution in [3.63, 3.8) is 0 Å². The Morgan fingerprint density at radius 2 is 1.37 bits per heavy atom. The smallest absolute Gasteiger partial charge is 0.338 e. The summed E-state index contributed by atoms with van der Waals surface area (Å²) >= 11 is 0. The Kier molecular flexibility index (Phi) is 12.8. The van der Waals surface area contributed by atoms with Gasteiger partial charge in [0, 0.05) is 41.8 Å². The number of rotatable bonds is 13. The van der Waals surface area contributed by atoms with Gasteiger partial charge in [0.25, 0.3) is 11.8 Å². The molecule has 0 saturated carbocycles. The summed E-state index contributed by atoms with van der Waals surface area (Å²) in [5, 5.41) is 10.3. The molecule has 2 N–H and O–H groups in total. The van der Waals surface area contributed by atoms with Crippen molar-refractivity contribution in [1.29, 1.82) is 0 Å². The van der Waals surface area contributed by atoms with Crippen LogP contribution < -0.4 is 10.6 Å². The molecule has 1 aromatic heterocycles. The van der Waals surface area contributed by atoms with Crippen molar-refractivity contribution in [2.45, 2.75) is 38.5 Å². The van der Waals surface area contributed by atoms with Crippen LogP contribution in [0, 0.1) is 5.92 Å². The van der Waals surface area contributed by atoms with Gasteiger partial charge in [-0.3, -0.25) is 9.59 Å². The van der Waals surface area contributed by atoms with Crippen LogP contribution >= 0.6 is 0 Å². The van der Waals surface area contributed by atoms with E-state index in [9.17, 15) is 27.6 Å². The second kappa shape index (κ2) is 18.0. The number of amides is 2. The van der Waals surface area contributed by atoms with Crippen LogP contribution in [0.2, 0.25) is 0 Å². The SMILES string of the molecule is CCOC(=O)c1ccc(NC(=O)C(=Cc2cn(-c3ccccc3)nc2-c2cccc(S(=O)(=O)N3CCCC(C)C3)c2)C(=O)Nc2ccc(C(=O)OCC)cc2)cc1. The van der Waals surface area contributed by atoms with Crippen molar-refractivity contribution in [1.82, 2.24) is 14.1 Å². The second-order valence-corrected chi connectivity index (χ2v) is 15.4. The molecule has 14 heteroatoms. The number of sulfonamides is 1. The number of benzene rings is 4. The van der Waals surface area contributed by atoms with E-state index in [1.54, 1.807) is 49.0 Å². The van der Waals surface area contributed by atoms with Crippen molar-refractivity contribution < 1.29 is 37.1 Å². The number of ether oxygens (including phenoxy) is 2. The minimum Gasteiger partial charge on any atom is -0.462 e. The van der Waals surface area contributed by atoms with E-state index in [-0.39, 0.29) is 40.7 Å². The van der Waals surface area contributed by atoms with Gasteiger partial charge in [0.1, 0.15) is 11.3 Å². The average Bonchev–Trinajstić information content (AvgIpc) is 3.65. The molecule has 0 spiro atoms. The van der Waals surface area contributed by atoms with Crippen LogP contribution in [0.3, 0.4) is 0 Å². The van der Waals surface area contributed by atoms with Crippen LogP contribution in [0.1, 0.15) is 59.9 Å². The van der Waals surface area contributed by atoms with Gasteiger partial charge in [0.05, 0.1) is 34.9 Å². The fourth-order valence-corrected chi connectivity index (χ4v) is 7.99. The third-order valence-corrected chi connectivity index (χ3v) is 11.1. The van der Waals surface area contributed by atoms with Gasteiger partial charge in [0.2, 0.25) is 10.0 Å². The van der Waals surface area contributed by atoms with E-state index in [0.717, 1.165) is 12.8 Å². The van der Waals surface area contributed by atoms with Crippen molar-refractivity contribution in [2.75, 3.05) is 36.9 Å². The molecule has 4 aromatic carbocycles. The lowest BCUT2D eigenvalue weighted by Crippen LogP contribution is -2.39. The van der Waals surface area contributed by atoms with Crippen LogP contribution in [0.15, 0.2) is 120 Å². The molecular weight excluding hydrogens is 747 g/mol. The predicted molar refractivity (Wildman–Crippen MR) is 216 cm³/mol. The number of para-hydroxylation sites is 1. The first-order valence-corrected chi connectivity index (χ1v) is 20.0. The van der Waals surface area contributed by atoms with Crippen LogP contribution in [-0.4, -0.2) is 72.6 Å². The molecule has 6 rings (SSSR count). The molecule has 1 saturated heterocycles. The Balaban J connectivity index is 1.42. The van der Waals surface area contributed by atoms with E-state index in [1.165, 1.54) is 58.9 Å². The zero-order chi connectivity index (χ0) is 40.5. The maximum absolute atomic E-state index is 14.1. The van der Waals surface area contributed by atoms with E-state index in [1.807, 2.05) is 37.3 Å². The Labute approximate surface area is 331 Å². The summed E-state index contributed by atoms with van der Waals surface area (Å²) in [7, 11) is -3.83.